The third-order valence-electron chi connectivity index (χ3n) is 4.95. The van der Waals surface area contributed by atoms with Gasteiger partial charge in [-0.2, -0.15) is 4.72 Å². The zero-order valence-electron chi connectivity index (χ0n) is 17.9. The number of methoxy groups -OCH3 is 1. The number of carboxylic acid groups (broad SMARTS) is 1. The Labute approximate surface area is 186 Å². The fraction of sp³-hybridized carbons (Fsp3) is 0.261. The van der Waals surface area contributed by atoms with Crippen LogP contribution in [-0.4, -0.2) is 44.2 Å². The number of benzene rings is 2. The number of aromatic amines is 1. The van der Waals surface area contributed by atoms with Gasteiger partial charge in [0.1, 0.15) is 24.1 Å². The van der Waals surface area contributed by atoms with Crippen LogP contribution in [0.5, 0.6) is 11.5 Å². The van der Waals surface area contributed by atoms with Crippen molar-refractivity contribution < 1.29 is 27.8 Å². The van der Waals surface area contributed by atoms with Crippen molar-refractivity contribution in [2.24, 2.45) is 0 Å². The Kier molecular flexibility index (Phi) is 7.08. The minimum Gasteiger partial charge on any atom is -0.497 e. The van der Waals surface area contributed by atoms with E-state index in [1.54, 1.807) is 26.2 Å². The summed E-state index contributed by atoms with van der Waals surface area (Å²) in [6, 6.07) is 9.77. The van der Waals surface area contributed by atoms with Crippen molar-refractivity contribution in [2.75, 3.05) is 13.7 Å². The number of aryl methyl sites for hydroxylation is 1. The highest BCUT2D eigenvalue weighted by Gasteiger charge is 2.27. The van der Waals surface area contributed by atoms with Gasteiger partial charge < -0.3 is 19.6 Å². The first-order chi connectivity index (χ1) is 15.2. The number of hydrogen-bond donors (Lipinski definition) is 3. The van der Waals surface area contributed by atoms with Gasteiger partial charge in [-0.1, -0.05) is 5.92 Å². The van der Waals surface area contributed by atoms with Gasteiger partial charge in [-0.05, 0) is 61.9 Å². The van der Waals surface area contributed by atoms with E-state index >= 15 is 0 Å². The Morgan fingerprint density at radius 1 is 1.19 bits per heavy atom. The van der Waals surface area contributed by atoms with Gasteiger partial charge >= 0.3 is 5.97 Å². The fourth-order valence-electron chi connectivity index (χ4n) is 3.30. The molecule has 2 aromatic carbocycles. The minimum absolute atomic E-state index is 0.0373. The molecule has 0 bridgehead atoms. The zero-order valence-corrected chi connectivity index (χ0v) is 18.7. The summed E-state index contributed by atoms with van der Waals surface area (Å²) < 4.78 is 38.6. The number of nitrogens with one attached hydrogen (secondary N) is 2. The lowest BCUT2D eigenvalue weighted by atomic mass is 10.0. The van der Waals surface area contributed by atoms with Gasteiger partial charge in [0.05, 0.1) is 12.0 Å². The molecular formula is C23H24N2O6S. The molecule has 0 aliphatic heterocycles. The second kappa shape index (κ2) is 9.77. The topological polar surface area (TPSA) is 118 Å². The first kappa shape index (κ1) is 23.2. The lowest BCUT2D eigenvalue weighted by Gasteiger charge is -2.15. The molecule has 1 atom stereocenters. The number of carbonyl (C=O) groups is 1. The van der Waals surface area contributed by atoms with Gasteiger partial charge in [0.15, 0.2) is 0 Å². The molecule has 0 spiro atoms. The van der Waals surface area contributed by atoms with E-state index in [1.165, 1.54) is 24.3 Å². The molecule has 0 aliphatic carbocycles. The number of H-pyrrole nitrogens is 1. The number of carboxylic acids is 1. The number of hydrogen-bond acceptors (Lipinski definition) is 5. The first-order valence-electron chi connectivity index (χ1n) is 9.78. The molecule has 1 heterocycles. The van der Waals surface area contributed by atoms with Gasteiger partial charge in [0, 0.05) is 23.0 Å². The molecule has 0 aliphatic rings. The van der Waals surface area contributed by atoms with Crippen molar-refractivity contribution in [1.82, 2.24) is 9.71 Å². The number of rotatable bonds is 9. The predicted octanol–water partition coefficient (Wildman–Crippen LogP) is 2.86. The normalized spacial score (nSPS) is 12.1. The average Bonchev–Trinajstić information content (AvgIpc) is 3.07. The first-order valence-corrected chi connectivity index (χ1v) is 11.3. The van der Waals surface area contributed by atoms with E-state index in [4.69, 9.17) is 9.47 Å². The summed E-state index contributed by atoms with van der Waals surface area (Å²) in [4.78, 5) is 15.0. The summed E-state index contributed by atoms with van der Waals surface area (Å²) in [6.07, 6.45) is -0.0373. The Morgan fingerprint density at radius 3 is 2.50 bits per heavy atom. The summed E-state index contributed by atoms with van der Waals surface area (Å²) in [5.74, 6) is 5.26. The van der Waals surface area contributed by atoms with E-state index in [1.807, 2.05) is 13.0 Å². The van der Waals surface area contributed by atoms with Crippen LogP contribution in [0.25, 0.3) is 10.9 Å². The highest BCUT2D eigenvalue weighted by atomic mass is 32.2. The van der Waals surface area contributed by atoms with E-state index in [0.29, 0.717) is 17.1 Å². The van der Waals surface area contributed by atoms with E-state index in [-0.39, 0.29) is 17.9 Å². The molecule has 0 amide bonds. The number of aliphatic carboxylic acids is 1. The van der Waals surface area contributed by atoms with Crippen LogP contribution < -0.4 is 14.2 Å². The van der Waals surface area contributed by atoms with Crippen molar-refractivity contribution in [3.8, 4) is 23.3 Å². The van der Waals surface area contributed by atoms with E-state index < -0.39 is 22.0 Å². The Balaban J connectivity index is 1.83. The second-order valence-electron chi connectivity index (χ2n) is 7.04. The largest absolute Gasteiger partial charge is 0.497 e. The summed E-state index contributed by atoms with van der Waals surface area (Å²) in [6.45, 7) is 3.70. The van der Waals surface area contributed by atoms with Gasteiger partial charge in [-0.3, -0.25) is 4.79 Å². The molecule has 0 unspecified atom stereocenters. The molecule has 32 heavy (non-hydrogen) atoms. The number of fused-ring (bicyclic) bond motifs is 1. The minimum atomic E-state index is -4.08. The van der Waals surface area contributed by atoms with Crippen LogP contribution in [0.15, 0.2) is 47.4 Å². The number of sulfonamides is 1. The van der Waals surface area contributed by atoms with Crippen molar-refractivity contribution in [2.45, 2.75) is 31.2 Å². The Bertz CT molecular complexity index is 1280. The van der Waals surface area contributed by atoms with Gasteiger partial charge in [0.2, 0.25) is 10.0 Å². The van der Waals surface area contributed by atoms with Crippen LogP contribution in [0.4, 0.5) is 0 Å². The molecule has 0 saturated carbocycles. The number of ether oxygens (including phenoxy) is 2. The Hall–Kier alpha value is -3.48. The molecule has 0 radical (unpaired) electrons. The predicted molar refractivity (Wildman–Crippen MR) is 120 cm³/mol. The molecule has 0 saturated heterocycles. The number of aromatic nitrogens is 1. The molecule has 0 fully saturated rings. The highest BCUT2D eigenvalue weighted by Crippen LogP contribution is 2.28. The summed E-state index contributed by atoms with van der Waals surface area (Å²) in [7, 11) is -2.53. The third-order valence-corrected chi connectivity index (χ3v) is 6.44. The molecule has 3 N–H and O–H groups in total. The fourth-order valence-corrected chi connectivity index (χ4v) is 4.49. The van der Waals surface area contributed by atoms with Crippen molar-refractivity contribution in [3.63, 3.8) is 0 Å². The monoisotopic (exact) mass is 456 g/mol. The molecule has 3 aromatic rings. The van der Waals surface area contributed by atoms with Gasteiger partial charge in [0.25, 0.3) is 0 Å². The molecule has 1 aromatic heterocycles. The molecule has 9 heteroatoms. The van der Waals surface area contributed by atoms with Gasteiger partial charge in [-0.25, -0.2) is 8.42 Å². The average molecular weight is 457 g/mol. The third kappa shape index (κ3) is 5.22. The van der Waals surface area contributed by atoms with Crippen molar-refractivity contribution >= 4 is 26.9 Å². The van der Waals surface area contributed by atoms with E-state index in [2.05, 4.69) is 21.5 Å². The lowest BCUT2D eigenvalue weighted by Crippen LogP contribution is -2.42. The van der Waals surface area contributed by atoms with Crippen LogP contribution in [0.1, 0.15) is 18.2 Å². The smallest absolute Gasteiger partial charge is 0.322 e. The van der Waals surface area contributed by atoms with E-state index in [0.717, 1.165) is 16.6 Å². The lowest BCUT2D eigenvalue weighted by molar-refractivity contribution is -0.138. The molecular weight excluding hydrogens is 432 g/mol. The van der Waals surface area contributed by atoms with Crippen molar-refractivity contribution in [3.05, 3.63) is 53.7 Å². The van der Waals surface area contributed by atoms with Crippen LogP contribution >= 0.6 is 0 Å². The summed E-state index contributed by atoms with van der Waals surface area (Å²) >= 11 is 0. The van der Waals surface area contributed by atoms with Crippen LogP contribution in [-0.2, 0) is 21.2 Å². The van der Waals surface area contributed by atoms with Crippen molar-refractivity contribution in [1.29, 1.82) is 0 Å². The molecule has 168 valence electrons. The van der Waals surface area contributed by atoms with Gasteiger partial charge in [-0.15, -0.1) is 5.92 Å². The van der Waals surface area contributed by atoms with Crippen LogP contribution in [0, 0.1) is 18.8 Å². The standard InChI is InChI=1S/C23H24N2O6S/c1-4-5-12-31-16-6-9-18(10-7-16)32(28,29)25-22(23(26)27)14-19-15(2)24-21-11-8-17(30-3)13-20(19)21/h6-11,13,22,24-25H,12,14H2,1-3H3,(H,26,27)/t22-/m0/s1. The summed E-state index contributed by atoms with van der Waals surface area (Å²) in [5, 5.41) is 10.5. The van der Waals surface area contributed by atoms with E-state index in [9.17, 15) is 18.3 Å². The molecule has 8 nitrogen and oxygen atoms in total. The SMILES string of the molecule is CC#CCOc1ccc(S(=O)(=O)N[C@@H](Cc2c(C)[nH]c3ccc(OC)cc23)C(=O)O)cc1. The maximum Gasteiger partial charge on any atom is 0.322 e. The van der Waals surface area contributed by atoms with Crippen LogP contribution in [0.2, 0.25) is 0 Å². The van der Waals surface area contributed by atoms with Crippen LogP contribution in [0.3, 0.4) is 0 Å². The second-order valence-corrected chi connectivity index (χ2v) is 8.76. The summed E-state index contributed by atoms with van der Waals surface area (Å²) in [5.41, 5.74) is 2.28. The zero-order chi connectivity index (χ0) is 23.3. The highest BCUT2D eigenvalue weighted by molar-refractivity contribution is 7.89. The maximum atomic E-state index is 12.8. The maximum absolute atomic E-state index is 12.8. The molecule has 3 rings (SSSR count). The Morgan fingerprint density at radius 2 is 1.88 bits per heavy atom. The quantitative estimate of drug-likeness (QED) is 0.426.